The average Bonchev–Trinajstić information content (AvgIpc) is 2.73. The Balaban J connectivity index is 2.32. The number of aliphatic carboxylic acids is 1. The van der Waals surface area contributed by atoms with Crippen molar-refractivity contribution < 1.29 is 23.1 Å². The molecule has 0 amide bonds. The molecule has 1 aromatic rings. The van der Waals surface area contributed by atoms with Crippen molar-refractivity contribution >= 4 is 5.97 Å². The minimum Gasteiger partial charge on any atom is -0.481 e. The second kappa shape index (κ2) is 5.09. The van der Waals surface area contributed by atoms with Gasteiger partial charge < -0.3 is 10.4 Å². The fourth-order valence-electron chi connectivity index (χ4n) is 2.84. The summed E-state index contributed by atoms with van der Waals surface area (Å²) in [5.74, 6) is -2.80. The number of carboxylic acids is 1. The summed E-state index contributed by atoms with van der Waals surface area (Å²) in [6.07, 6.45) is -4.67. The molecule has 0 saturated carbocycles. The van der Waals surface area contributed by atoms with E-state index in [0.29, 0.717) is 0 Å². The first-order valence-electron chi connectivity index (χ1n) is 6.34. The van der Waals surface area contributed by atoms with Gasteiger partial charge in [0.2, 0.25) is 0 Å². The molecule has 0 aliphatic carbocycles. The normalized spacial score (nSPS) is 26.7. The lowest BCUT2D eigenvalue weighted by Crippen LogP contribution is -2.51. The fourth-order valence-corrected chi connectivity index (χ4v) is 2.84. The van der Waals surface area contributed by atoms with Gasteiger partial charge in [-0.15, -0.1) is 0 Å². The van der Waals surface area contributed by atoms with Crippen LogP contribution in [-0.2, 0) is 11.2 Å². The number of carbonyl (C=O) groups is 1. The van der Waals surface area contributed by atoms with Crippen LogP contribution in [-0.4, -0.2) is 30.3 Å². The van der Waals surface area contributed by atoms with E-state index in [1.54, 1.807) is 18.2 Å². The lowest BCUT2D eigenvalue weighted by atomic mass is 9.74. The lowest BCUT2D eigenvalue weighted by molar-refractivity contribution is -0.236. The molecular weight excluding hydrogens is 271 g/mol. The number of halogens is 3. The quantitative estimate of drug-likeness (QED) is 0.897. The van der Waals surface area contributed by atoms with Crippen molar-refractivity contribution in [1.29, 1.82) is 0 Å². The number of rotatable bonds is 3. The lowest BCUT2D eigenvalue weighted by Gasteiger charge is -2.32. The number of hydrogen-bond donors (Lipinski definition) is 2. The van der Waals surface area contributed by atoms with Crippen molar-refractivity contribution in [2.24, 2.45) is 11.3 Å². The second-order valence-electron chi connectivity index (χ2n) is 5.30. The number of benzene rings is 1. The van der Waals surface area contributed by atoms with Crippen molar-refractivity contribution in [3.05, 3.63) is 35.4 Å². The standard InChI is InChI=1S/C14H16F3NO2/c1-9-3-2-4-10(5-9)6-11-7-18-8-13(11,12(19)20)14(15,16)17/h2-5,11,18H,6-8H2,1H3,(H,19,20)/t11-,13+/m0/s1. The van der Waals surface area contributed by atoms with Gasteiger partial charge >= 0.3 is 12.1 Å². The van der Waals surface area contributed by atoms with Gasteiger partial charge in [-0.1, -0.05) is 29.8 Å². The number of carboxylic acid groups (broad SMARTS) is 1. The average molecular weight is 287 g/mol. The van der Waals surface area contributed by atoms with Crippen molar-refractivity contribution in [1.82, 2.24) is 5.32 Å². The van der Waals surface area contributed by atoms with Crippen molar-refractivity contribution in [2.75, 3.05) is 13.1 Å². The molecule has 0 unspecified atom stereocenters. The number of aryl methyl sites for hydroxylation is 1. The molecular formula is C14H16F3NO2. The molecule has 6 heteroatoms. The maximum Gasteiger partial charge on any atom is 0.406 e. The van der Waals surface area contributed by atoms with Crippen LogP contribution >= 0.6 is 0 Å². The highest BCUT2D eigenvalue weighted by atomic mass is 19.4. The third-order valence-electron chi connectivity index (χ3n) is 3.94. The van der Waals surface area contributed by atoms with Crippen molar-refractivity contribution in [3.8, 4) is 0 Å². The van der Waals surface area contributed by atoms with Gasteiger partial charge in [0, 0.05) is 12.5 Å². The van der Waals surface area contributed by atoms with Crippen molar-refractivity contribution in [2.45, 2.75) is 19.5 Å². The van der Waals surface area contributed by atoms with Gasteiger partial charge in [-0.05, 0) is 25.5 Å². The molecule has 1 heterocycles. The molecule has 0 aromatic heterocycles. The second-order valence-corrected chi connectivity index (χ2v) is 5.30. The Morgan fingerprint density at radius 3 is 2.75 bits per heavy atom. The number of nitrogens with one attached hydrogen (secondary N) is 1. The van der Waals surface area contributed by atoms with E-state index in [2.05, 4.69) is 5.32 Å². The molecule has 0 spiro atoms. The van der Waals surface area contributed by atoms with Crippen LogP contribution in [0.1, 0.15) is 11.1 Å². The zero-order valence-corrected chi connectivity index (χ0v) is 11.0. The molecule has 2 N–H and O–H groups in total. The summed E-state index contributed by atoms with van der Waals surface area (Å²) in [5, 5.41) is 11.7. The molecule has 2 rings (SSSR count). The molecule has 20 heavy (non-hydrogen) atoms. The Morgan fingerprint density at radius 2 is 2.20 bits per heavy atom. The van der Waals surface area contributed by atoms with E-state index in [-0.39, 0.29) is 13.0 Å². The van der Waals surface area contributed by atoms with Crippen LogP contribution in [0.15, 0.2) is 24.3 Å². The van der Waals surface area contributed by atoms with Crippen LogP contribution in [0.4, 0.5) is 13.2 Å². The summed E-state index contributed by atoms with van der Waals surface area (Å²) >= 11 is 0. The Hall–Kier alpha value is -1.56. The first-order valence-corrected chi connectivity index (χ1v) is 6.34. The van der Waals surface area contributed by atoms with E-state index in [1.807, 2.05) is 13.0 Å². The van der Waals surface area contributed by atoms with Crippen LogP contribution in [0.5, 0.6) is 0 Å². The maximum absolute atomic E-state index is 13.3. The Kier molecular flexibility index (Phi) is 3.77. The van der Waals surface area contributed by atoms with E-state index < -0.39 is 30.0 Å². The van der Waals surface area contributed by atoms with E-state index in [9.17, 15) is 18.0 Å². The van der Waals surface area contributed by atoms with Gasteiger partial charge in [-0.25, -0.2) is 0 Å². The summed E-state index contributed by atoms with van der Waals surface area (Å²) in [7, 11) is 0. The van der Waals surface area contributed by atoms with E-state index in [1.165, 1.54) is 0 Å². The molecule has 1 aromatic carbocycles. The monoisotopic (exact) mass is 287 g/mol. The topological polar surface area (TPSA) is 49.3 Å². The summed E-state index contributed by atoms with van der Waals surface area (Å²) in [5.41, 5.74) is -1.02. The molecule has 1 aliphatic heterocycles. The summed E-state index contributed by atoms with van der Waals surface area (Å²) in [6.45, 7) is 1.34. The first kappa shape index (κ1) is 14.8. The van der Waals surface area contributed by atoms with Gasteiger partial charge in [0.25, 0.3) is 0 Å². The maximum atomic E-state index is 13.3. The fraction of sp³-hybridized carbons (Fsp3) is 0.500. The largest absolute Gasteiger partial charge is 0.481 e. The van der Waals surface area contributed by atoms with E-state index in [4.69, 9.17) is 5.11 Å². The van der Waals surface area contributed by atoms with Gasteiger partial charge in [0.15, 0.2) is 5.41 Å². The van der Waals surface area contributed by atoms with Crippen LogP contribution in [0.25, 0.3) is 0 Å². The minimum atomic E-state index is -4.77. The van der Waals surface area contributed by atoms with Gasteiger partial charge in [-0.3, -0.25) is 4.79 Å². The highest BCUT2D eigenvalue weighted by molar-refractivity contribution is 5.77. The van der Waals surface area contributed by atoms with Crippen molar-refractivity contribution in [3.63, 3.8) is 0 Å². The summed E-state index contributed by atoms with van der Waals surface area (Å²) in [6, 6.07) is 7.14. The predicted molar refractivity (Wildman–Crippen MR) is 67.4 cm³/mol. The molecule has 1 fully saturated rings. The Bertz CT molecular complexity index is 515. The number of hydrogen-bond acceptors (Lipinski definition) is 2. The van der Waals surface area contributed by atoms with Gasteiger partial charge in [0.05, 0.1) is 0 Å². The molecule has 0 bridgehead atoms. The van der Waals surface area contributed by atoms with E-state index >= 15 is 0 Å². The third kappa shape index (κ3) is 2.40. The van der Waals surface area contributed by atoms with E-state index in [0.717, 1.165) is 11.1 Å². The summed E-state index contributed by atoms with van der Waals surface area (Å²) < 4.78 is 39.8. The van der Waals surface area contributed by atoms with Gasteiger partial charge in [0.1, 0.15) is 0 Å². The third-order valence-corrected chi connectivity index (χ3v) is 3.94. The SMILES string of the molecule is Cc1cccc(C[C@H]2CNC[C@@]2(C(=O)O)C(F)(F)F)c1. The zero-order valence-electron chi connectivity index (χ0n) is 11.0. The summed E-state index contributed by atoms with van der Waals surface area (Å²) in [4.78, 5) is 11.3. The molecule has 1 saturated heterocycles. The highest BCUT2D eigenvalue weighted by Crippen LogP contribution is 2.47. The predicted octanol–water partition coefficient (Wildman–Crippen LogP) is 2.39. The van der Waals surface area contributed by atoms with Crippen LogP contribution in [0.2, 0.25) is 0 Å². The Morgan fingerprint density at radius 1 is 1.50 bits per heavy atom. The highest BCUT2D eigenvalue weighted by Gasteiger charge is 2.66. The van der Waals surface area contributed by atoms with Crippen LogP contribution in [0, 0.1) is 18.3 Å². The van der Waals surface area contributed by atoms with Gasteiger partial charge in [-0.2, -0.15) is 13.2 Å². The van der Waals surface area contributed by atoms with Crippen LogP contribution in [0.3, 0.4) is 0 Å². The van der Waals surface area contributed by atoms with Crippen LogP contribution < -0.4 is 5.32 Å². The minimum absolute atomic E-state index is 0.0553. The Labute approximate surface area is 114 Å². The zero-order chi connectivity index (χ0) is 15.0. The molecule has 3 nitrogen and oxygen atoms in total. The molecule has 110 valence electrons. The number of alkyl halides is 3. The first-order chi connectivity index (χ1) is 9.27. The molecule has 1 aliphatic rings. The molecule has 2 atom stereocenters. The smallest absolute Gasteiger partial charge is 0.406 e. The molecule has 0 radical (unpaired) electrons.